The van der Waals surface area contributed by atoms with E-state index in [0.717, 1.165) is 18.4 Å². The van der Waals surface area contributed by atoms with E-state index in [9.17, 15) is 9.59 Å². The Morgan fingerprint density at radius 3 is 2.67 bits per heavy atom. The molecule has 7 nitrogen and oxygen atoms in total. The summed E-state index contributed by atoms with van der Waals surface area (Å²) in [6.07, 6.45) is 3.66. The first kappa shape index (κ1) is 17.7. The first-order chi connectivity index (χ1) is 13.2. The van der Waals surface area contributed by atoms with Crippen LogP contribution in [0, 0.1) is 5.92 Å². The molecule has 2 fully saturated rings. The molecule has 2 heterocycles. The van der Waals surface area contributed by atoms with Gasteiger partial charge in [-0.3, -0.25) is 9.59 Å². The second-order valence-corrected chi connectivity index (χ2v) is 7.06. The minimum atomic E-state index is -0.209. The quantitative estimate of drug-likeness (QED) is 0.892. The summed E-state index contributed by atoms with van der Waals surface area (Å²) in [5, 5.41) is 7.02. The average molecular weight is 369 g/mol. The number of nitrogens with zero attached hydrogens (tertiary/aromatic N) is 2. The van der Waals surface area contributed by atoms with Gasteiger partial charge in [0.1, 0.15) is 17.5 Å². The highest BCUT2D eigenvalue weighted by atomic mass is 16.5. The highest BCUT2D eigenvalue weighted by Gasteiger charge is 2.34. The van der Waals surface area contributed by atoms with Crippen LogP contribution in [-0.2, 0) is 9.53 Å². The third kappa shape index (κ3) is 3.88. The van der Waals surface area contributed by atoms with Crippen molar-refractivity contribution in [2.45, 2.75) is 25.3 Å². The van der Waals surface area contributed by atoms with Gasteiger partial charge in [-0.2, -0.15) is 0 Å². The van der Waals surface area contributed by atoms with E-state index in [4.69, 9.17) is 9.26 Å². The van der Waals surface area contributed by atoms with Crippen LogP contribution in [0.2, 0.25) is 0 Å². The van der Waals surface area contributed by atoms with Gasteiger partial charge in [0, 0.05) is 30.6 Å². The molecule has 0 bridgehead atoms. The average Bonchev–Trinajstić information content (AvgIpc) is 3.38. The molecule has 27 heavy (non-hydrogen) atoms. The van der Waals surface area contributed by atoms with Crippen LogP contribution in [0.15, 0.2) is 41.1 Å². The summed E-state index contributed by atoms with van der Waals surface area (Å²) in [6, 6.07) is 9.47. The van der Waals surface area contributed by atoms with E-state index in [1.54, 1.807) is 0 Å². The van der Waals surface area contributed by atoms with Crippen molar-refractivity contribution in [2.24, 2.45) is 5.92 Å². The smallest absolute Gasteiger partial charge is 0.257 e. The summed E-state index contributed by atoms with van der Waals surface area (Å²) in [5.74, 6) is -0.0472. The monoisotopic (exact) mass is 369 g/mol. The summed E-state index contributed by atoms with van der Waals surface area (Å²) in [7, 11) is 0. The van der Waals surface area contributed by atoms with Crippen LogP contribution in [-0.4, -0.2) is 54.2 Å². The lowest BCUT2D eigenvalue weighted by Gasteiger charge is -2.29. The molecule has 1 aliphatic heterocycles. The number of ether oxygens (including phenoxy) is 1. The van der Waals surface area contributed by atoms with Gasteiger partial charge in [0.05, 0.1) is 13.2 Å². The summed E-state index contributed by atoms with van der Waals surface area (Å²) in [4.78, 5) is 27.2. The molecule has 0 spiro atoms. The Hall–Kier alpha value is -2.67. The summed E-state index contributed by atoms with van der Waals surface area (Å²) < 4.78 is 10.4. The van der Waals surface area contributed by atoms with Crippen molar-refractivity contribution >= 4 is 11.8 Å². The first-order valence-electron chi connectivity index (χ1n) is 9.39. The van der Waals surface area contributed by atoms with Crippen LogP contribution in [0.4, 0.5) is 0 Å². The standard InChI is InChI=1S/C20H23N3O4/c24-19(17-13-27-22-18(17)14-4-2-1-3-5-14)21-16-7-6-15(12-16)20(25)23-8-10-26-11-9-23/h1-5,13,15-16H,6-12H2,(H,21,24)/t15-,16+/m0/s1. The number of hydrogen-bond donors (Lipinski definition) is 1. The number of morpholine rings is 1. The normalized spacial score (nSPS) is 22.6. The van der Waals surface area contributed by atoms with Crippen LogP contribution in [0.3, 0.4) is 0 Å². The molecular weight excluding hydrogens is 346 g/mol. The summed E-state index contributed by atoms with van der Waals surface area (Å²) >= 11 is 0. The Balaban J connectivity index is 1.37. The van der Waals surface area contributed by atoms with Crippen molar-refractivity contribution in [1.82, 2.24) is 15.4 Å². The highest BCUT2D eigenvalue weighted by Crippen LogP contribution is 2.29. The lowest BCUT2D eigenvalue weighted by molar-refractivity contribution is -0.139. The van der Waals surface area contributed by atoms with E-state index < -0.39 is 0 Å². The molecule has 1 N–H and O–H groups in total. The Bertz CT molecular complexity index is 799. The molecule has 2 aromatic rings. The summed E-state index contributed by atoms with van der Waals surface area (Å²) in [5.41, 5.74) is 1.79. The molecule has 4 rings (SSSR count). The number of carbonyl (C=O) groups excluding carboxylic acids is 2. The number of amides is 2. The number of nitrogens with one attached hydrogen (secondary N) is 1. The number of aromatic nitrogens is 1. The van der Waals surface area contributed by atoms with Crippen LogP contribution in [0.5, 0.6) is 0 Å². The molecule has 7 heteroatoms. The van der Waals surface area contributed by atoms with Gasteiger partial charge in [-0.15, -0.1) is 0 Å². The van der Waals surface area contributed by atoms with Gasteiger partial charge < -0.3 is 19.5 Å². The fraction of sp³-hybridized carbons (Fsp3) is 0.450. The topological polar surface area (TPSA) is 84.7 Å². The van der Waals surface area contributed by atoms with Crippen molar-refractivity contribution in [2.75, 3.05) is 26.3 Å². The SMILES string of the molecule is O=C(N[C@@H]1CC[C@H](C(=O)N2CCOCC2)C1)c1conc1-c1ccccc1. The molecule has 2 atom stereocenters. The number of benzene rings is 1. The third-order valence-corrected chi connectivity index (χ3v) is 5.30. The minimum Gasteiger partial charge on any atom is -0.378 e. The molecule has 142 valence electrons. The molecule has 1 aromatic heterocycles. The predicted octanol–water partition coefficient (Wildman–Crippen LogP) is 2.10. The molecule has 1 saturated carbocycles. The molecule has 1 aromatic carbocycles. The largest absolute Gasteiger partial charge is 0.378 e. The fourth-order valence-corrected chi connectivity index (χ4v) is 3.84. The maximum Gasteiger partial charge on any atom is 0.257 e. The van der Waals surface area contributed by atoms with Crippen molar-refractivity contribution in [3.8, 4) is 11.3 Å². The van der Waals surface area contributed by atoms with Gasteiger partial charge in [-0.1, -0.05) is 35.5 Å². The van der Waals surface area contributed by atoms with E-state index in [0.29, 0.717) is 44.0 Å². The van der Waals surface area contributed by atoms with Crippen LogP contribution in [0.1, 0.15) is 29.6 Å². The number of carbonyl (C=O) groups is 2. The van der Waals surface area contributed by atoms with Crippen LogP contribution < -0.4 is 5.32 Å². The first-order valence-corrected chi connectivity index (χ1v) is 9.39. The molecular formula is C20H23N3O4. The van der Waals surface area contributed by atoms with E-state index in [-0.39, 0.29) is 23.8 Å². The number of rotatable bonds is 4. The van der Waals surface area contributed by atoms with Gasteiger partial charge in [0.2, 0.25) is 5.91 Å². The van der Waals surface area contributed by atoms with Gasteiger partial charge in [0.25, 0.3) is 5.91 Å². The van der Waals surface area contributed by atoms with Crippen molar-refractivity contribution in [1.29, 1.82) is 0 Å². The Morgan fingerprint density at radius 2 is 1.89 bits per heavy atom. The zero-order valence-electron chi connectivity index (χ0n) is 15.1. The maximum atomic E-state index is 12.7. The van der Waals surface area contributed by atoms with Gasteiger partial charge in [-0.05, 0) is 19.3 Å². The second-order valence-electron chi connectivity index (χ2n) is 7.06. The zero-order chi connectivity index (χ0) is 18.6. The molecule has 2 aliphatic rings. The van der Waals surface area contributed by atoms with E-state index in [1.165, 1.54) is 6.26 Å². The number of hydrogen-bond acceptors (Lipinski definition) is 5. The lowest BCUT2D eigenvalue weighted by atomic mass is 10.1. The van der Waals surface area contributed by atoms with Gasteiger partial charge in [0.15, 0.2) is 0 Å². The van der Waals surface area contributed by atoms with E-state index >= 15 is 0 Å². The zero-order valence-corrected chi connectivity index (χ0v) is 15.1. The van der Waals surface area contributed by atoms with Gasteiger partial charge in [-0.25, -0.2) is 0 Å². The van der Waals surface area contributed by atoms with Crippen molar-refractivity contribution in [3.63, 3.8) is 0 Å². The Morgan fingerprint density at radius 1 is 1.11 bits per heavy atom. The minimum absolute atomic E-state index is 0.00832. The molecule has 0 radical (unpaired) electrons. The van der Waals surface area contributed by atoms with E-state index in [1.807, 2.05) is 35.2 Å². The van der Waals surface area contributed by atoms with Gasteiger partial charge >= 0.3 is 0 Å². The fourth-order valence-electron chi connectivity index (χ4n) is 3.84. The highest BCUT2D eigenvalue weighted by molar-refractivity contribution is 5.99. The van der Waals surface area contributed by atoms with Crippen molar-refractivity contribution < 1.29 is 18.8 Å². The molecule has 1 saturated heterocycles. The second kappa shape index (κ2) is 7.92. The third-order valence-electron chi connectivity index (χ3n) is 5.30. The van der Waals surface area contributed by atoms with Crippen molar-refractivity contribution in [3.05, 3.63) is 42.2 Å². The Labute approximate surface area is 157 Å². The van der Waals surface area contributed by atoms with Crippen LogP contribution in [0.25, 0.3) is 11.3 Å². The maximum absolute atomic E-state index is 12.7. The van der Waals surface area contributed by atoms with Crippen LogP contribution >= 0.6 is 0 Å². The molecule has 0 unspecified atom stereocenters. The lowest BCUT2D eigenvalue weighted by Crippen LogP contribution is -2.43. The summed E-state index contributed by atoms with van der Waals surface area (Å²) in [6.45, 7) is 2.53. The Kier molecular flexibility index (Phi) is 5.20. The van der Waals surface area contributed by atoms with E-state index in [2.05, 4.69) is 10.5 Å². The molecule has 1 aliphatic carbocycles. The predicted molar refractivity (Wildman–Crippen MR) is 97.9 cm³/mol. The molecule has 2 amide bonds.